The number of anilines is 4. The van der Waals surface area contributed by atoms with Crippen LogP contribution < -0.4 is 10.6 Å². The molecular weight excluding hydrogens is 466 g/mol. The van der Waals surface area contributed by atoms with E-state index in [2.05, 4.69) is 54.5 Å². The van der Waals surface area contributed by atoms with Crippen LogP contribution in [0.25, 0.3) is 21.8 Å². The Bertz CT molecular complexity index is 1750. The van der Waals surface area contributed by atoms with Gasteiger partial charge < -0.3 is 10.6 Å². The van der Waals surface area contributed by atoms with E-state index < -0.39 is 0 Å². The van der Waals surface area contributed by atoms with Crippen LogP contribution in [0.1, 0.15) is 10.4 Å². The van der Waals surface area contributed by atoms with Crippen molar-refractivity contribution in [2.75, 3.05) is 10.6 Å². The Morgan fingerprint density at radius 1 is 0.838 bits per heavy atom. The second-order valence-corrected chi connectivity index (χ2v) is 8.32. The SMILES string of the molecule is C=CC(=O)n1ncc2cc(Nc3ncnc(Nc4ccc5c(cnn5Cc5ccccc5)c4)n3)ccc21. The fraction of sp³-hybridized carbons (Fsp3) is 0.0370. The van der Waals surface area contributed by atoms with E-state index in [4.69, 9.17) is 0 Å². The minimum Gasteiger partial charge on any atom is -0.324 e. The van der Waals surface area contributed by atoms with Crippen molar-refractivity contribution in [2.45, 2.75) is 6.54 Å². The monoisotopic (exact) mass is 487 g/mol. The lowest BCUT2D eigenvalue weighted by Crippen LogP contribution is -2.08. The summed E-state index contributed by atoms with van der Waals surface area (Å²) in [6, 6.07) is 21.7. The van der Waals surface area contributed by atoms with Crippen LogP contribution in [0, 0.1) is 0 Å². The van der Waals surface area contributed by atoms with E-state index in [0.29, 0.717) is 24.0 Å². The van der Waals surface area contributed by atoms with E-state index in [-0.39, 0.29) is 5.91 Å². The lowest BCUT2D eigenvalue weighted by atomic mass is 10.2. The van der Waals surface area contributed by atoms with Crippen LogP contribution in [0.3, 0.4) is 0 Å². The Kier molecular flexibility index (Phi) is 5.58. The van der Waals surface area contributed by atoms with Gasteiger partial charge in [-0.15, -0.1) is 0 Å². The van der Waals surface area contributed by atoms with E-state index in [1.807, 2.05) is 59.4 Å². The maximum atomic E-state index is 11.9. The molecule has 3 aromatic heterocycles. The summed E-state index contributed by atoms with van der Waals surface area (Å²) in [6.07, 6.45) is 6.14. The highest BCUT2D eigenvalue weighted by Gasteiger charge is 2.10. The number of allylic oxidation sites excluding steroid dienone is 1. The molecule has 37 heavy (non-hydrogen) atoms. The number of nitrogens with one attached hydrogen (secondary N) is 2. The van der Waals surface area contributed by atoms with Gasteiger partial charge in [0.15, 0.2) is 0 Å². The molecule has 3 heterocycles. The highest BCUT2D eigenvalue weighted by atomic mass is 16.2. The first-order valence-corrected chi connectivity index (χ1v) is 11.5. The number of benzene rings is 3. The van der Waals surface area contributed by atoms with Gasteiger partial charge in [-0.1, -0.05) is 36.9 Å². The molecule has 3 aromatic carbocycles. The summed E-state index contributed by atoms with van der Waals surface area (Å²) >= 11 is 0. The molecule has 180 valence electrons. The fourth-order valence-corrected chi connectivity index (χ4v) is 4.09. The molecule has 0 aliphatic heterocycles. The number of hydrogen-bond donors (Lipinski definition) is 2. The zero-order valence-electron chi connectivity index (χ0n) is 19.6. The highest BCUT2D eigenvalue weighted by molar-refractivity contribution is 5.97. The summed E-state index contributed by atoms with van der Waals surface area (Å²) in [7, 11) is 0. The van der Waals surface area contributed by atoms with Gasteiger partial charge in [-0.3, -0.25) is 9.48 Å². The molecule has 0 aliphatic rings. The Hall–Kier alpha value is -5.38. The second-order valence-electron chi connectivity index (χ2n) is 8.32. The maximum Gasteiger partial charge on any atom is 0.270 e. The molecule has 6 rings (SSSR count). The molecule has 0 fully saturated rings. The van der Waals surface area contributed by atoms with Gasteiger partial charge >= 0.3 is 0 Å². The van der Waals surface area contributed by atoms with E-state index in [1.54, 1.807) is 12.3 Å². The van der Waals surface area contributed by atoms with Crippen LogP contribution in [-0.2, 0) is 6.54 Å². The summed E-state index contributed by atoms with van der Waals surface area (Å²) in [5, 5.41) is 16.9. The van der Waals surface area contributed by atoms with E-state index >= 15 is 0 Å². The molecule has 0 bridgehead atoms. The Morgan fingerprint density at radius 2 is 1.49 bits per heavy atom. The largest absolute Gasteiger partial charge is 0.324 e. The van der Waals surface area contributed by atoms with Crippen molar-refractivity contribution in [2.24, 2.45) is 0 Å². The number of carbonyl (C=O) groups excluding carboxylic acids is 1. The molecule has 0 radical (unpaired) electrons. The minimum absolute atomic E-state index is 0.286. The summed E-state index contributed by atoms with van der Waals surface area (Å²) in [5.74, 6) is 0.493. The van der Waals surface area contributed by atoms with Crippen molar-refractivity contribution >= 4 is 51.0 Å². The van der Waals surface area contributed by atoms with Crippen LogP contribution in [0.15, 0.2) is 98.1 Å². The third-order valence-electron chi connectivity index (χ3n) is 5.85. The zero-order valence-corrected chi connectivity index (χ0v) is 19.6. The molecule has 0 unspecified atom stereocenters. The molecule has 0 atom stereocenters. The molecule has 10 heteroatoms. The van der Waals surface area contributed by atoms with Crippen molar-refractivity contribution in [3.63, 3.8) is 0 Å². The van der Waals surface area contributed by atoms with Gasteiger partial charge in [0.1, 0.15) is 6.33 Å². The first-order valence-electron chi connectivity index (χ1n) is 11.5. The maximum absolute atomic E-state index is 11.9. The van der Waals surface area contributed by atoms with Gasteiger partial charge in [0.2, 0.25) is 11.9 Å². The lowest BCUT2D eigenvalue weighted by Gasteiger charge is -2.09. The predicted molar refractivity (Wildman–Crippen MR) is 142 cm³/mol. The fourth-order valence-electron chi connectivity index (χ4n) is 4.09. The molecule has 0 saturated heterocycles. The van der Waals surface area contributed by atoms with Crippen molar-refractivity contribution in [1.29, 1.82) is 0 Å². The molecule has 0 aliphatic carbocycles. The van der Waals surface area contributed by atoms with Gasteiger partial charge in [0, 0.05) is 22.1 Å². The quantitative estimate of drug-likeness (QED) is 0.305. The molecule has 6 aromatic rings. The van der Waals surface area contributed by atoms with Crippen molar-refractivity contribution in [3.8, 4) is 0 Å². The third kappa shape index (κ3) is 4.50. The van der Waals surface area contributed by atoms with Gasteiger partial charge in [0.05, 0.1) is 30.0 Å². The van der Waals surface area contributed by atoms with Crippen LogP contribution in [0.5, 0.6) is 0 Å². The number of fused-ring (bicyclic) bond motifs is 2. The molecular formula is C27H21N9O. The molecule has 0 spiro atoms. The Balaban J connectivity index is 1.18. The number of aromatic nitrogens is 7. The van der Waals surface area contributed by atoms with Crippen LogP contribution in [-0.4, -0.2) is 40.4 Å². The van der Waals surface area contributed by atoms with E-state index in [9.17, 15) is 4.79 Å². The van der Waals surface area contributed by atoms with Crippen LogP contribution in [0.2, 0.25) is 0 Å². The third-order valence-corrected chi connectivity index (χ3v) is 5.85. The first-order chi connectivity index (χ1) is 18.2. The van der Waals surface area contributed by atoms with Gasteiger partial charge in [-0.05, 0) is 48.0 Å². The normalized spacial score (nSPS) is 11.0. The minimum atomic E-state index is -0.286. The highest BCUT2D eigenvalue weighted by Crippen LogP contribution is 2.24. The smallest absolute Gasteiger partial charge is 0.270 e. The average Bonchev–Trinajstić information content (AvgIpc) is 3.53. The molecule has 10 nitrogen and oxygen atoms in total. The van der Waals surface area contributed by atoms with Gasteiger partial charge in [-0.2, -0.15) is 19.9 Å². The standard InChI is InChI=1S/C27H21N9O/c1-2-25(37)36-24-11-9-22(13-20(24)15-31-36)33-27-29-17-28-26(34-27)32-21-8-10-23-19(12-21)14-30-35(23)16-18-6-4-3-5-7-18/h2-15,17H,1,16H2,(H2,28,29,32,33,34). The topological polar surface area (TPSA) is 115 Å². The van der Waals surface area contributed by atoms with Crippen molar-refractivity contribution in [1.82, 2.24) is 34.5 Å². The zero-order chi connectivity index (χ0) is 25.2. The molecule has 2 N–H and O–H groups in total. The van der Waals surface area contributed by atoms with Gasteiger partial charge in [-0.25, -0.2) is 9.97 Å². The van der Waals surface area contributed by atoms with Crippen molar-refractivity contribution in [3.05, 3.63) is 104 Å². The number of carbonyl (C=O) groups is 1. The average molecular weight is 488 g/mol. The summed E-state index contributed by atoms with van der Waals surface area (Å²) in [4.78, 5) is 24.9. The van der Waals surface area contributed by atoms with E-state index in [1.165, 1.54) is 22.6 Å². The molecule has 0 amide bonds. The van der Waals surface area contributed by atoms with Crippen molar-refractivity contribution < 1.29 is 4.79 Å². The van der Waals surface area contributed by atoms with Gasteiger partial charge in [0.25, 0.3) is 5.91 Å². The summed E-state index contributed by atoms with van der Waals surface area (Å²) < 4.78 is 3.28. The predicted octanol–water partition coefficient (Wildman–Crippen LogP) is 4.93. The number of hydrogen-bond acceptors (Lipinski definition) is 8. The van der Waals surface area contributed by atoms with Crippen LogP contribution in [0.4, 0.5) is 23.3 Å². The Labute approximate surface area is 211 Å². The summed E-state index contributed by atoms with van der Waals surface area (Å²) in [6.45, 7) is 4.22. The number of rotatable bonds is 7. The lowest BCUT2D eigenvalue weighted by molar-refractivity contribution is 0.0960. The molecule has 0 saturated carbocycles. The first kappa shape index (κ1) is 22.1. The number of nitrogens with zero attached hydrogens (tertiary/aromatic N) is 7. The van der Waals surface area contributed by atoms with Crippen LogP contribution >= 0.6 is 0 Å². The summed E-state index contributed by atoms with van der Waals surface area (Å²) in [5.41, 5.74) is 4.52. The Morgan fingerprint density at radius 3 is 2.19 bits per heavy atom. The van der Waals surface area contributed by atoms with E-state index in [0.717, 1.165) is 27.7 Å². The second kappa shape index (κ2) is 9.34.